The van der Waals surface area contributed by atoms with Gasteiger partial charge in [-0.2, -0.15) is 0 Å². The van der Waals surface area contributed by atoms with Crippen molar-refractivity contribution in [2.75, 3.05) is 0 Å². The first-order valence-corrected chi connectivity index (χ1v) is 11.8. The monoisotopic (exact) mass is 362 g/mol. The van der Waals surface area contributed by atoms with Gasteiger partial charge >= 0.3 is 0 Å². The quantitative estimate of drug-likeness (QED) is 0.254. The number of imidazole rings is 1. The topological polar surface area (TPSA) is 17.8 Å². The summed E-state index contributed by atoms with van der Waals surface area (Å²) in [5.41, 5.74) is 0. The maximum atomic E-state index is 4.76. The van der Waals surface area contributed by atoms with Gasteiger partial charge in [0.2, 0.25) is 0 Å². The molecule has 2 atom stereocenters. The molecule has 1 aromatic rings. The summed E-state index contributed by atoms with van der Waals surface area (Å²) < 4.78 is 2.48. The van der Waals surface area contributed by atoms with E-state index in [4.69, 9.17) is 4.98 Å². The van der Waals surface area contributed by atoms with E-state index in [0.29, 0.717) is 12.0 Å². The van der Waals surface area contributed by atoms with E-state index in [9.17, 15) is 0 Å². The fourth-order valence-corrected chi connectivity index (χ4v) is 4.06. The largest absolute Gasteiger partial charge is 0.332 e. The molecule has 0 aromatic carbocycles. The lowest BCUT2D eigenvalue weighted by molar-refractivity contribution is 0.426. The molecule has 1 aromatic heterocycles. The van der Waals surface area contributed by atoms with Gasteiger partial charge in [0.05, 0.1) is 0 Å². The van der Waals surface area contributed by atoms with E-state index in [0.717, 1.165) is 0 Å². The lowest BCUT2D eigenvalue weighted by Gasteiger charge is -2.21. The first-order chi connectivity index (χ1) is 12.7. The molecule has 1 rings (SSSR count). The van der Waals surface area contributed by atoms with Gasteiger partial charge in [-0.05, 0) is 26.2 Å². The summed E-state index contributed by atoms with van der Waals surface area (Å²) in [5.74, 6) is 1.99. The normalized spacial score (nSPS) is 13.8. The highest BCUT2D eigenvalue weighted by Gasteiger charge is 2.17. The fraction of sp³-hybridized carbons (Fsp3) is 0.875. The molecule has 2 heteroatoms. The summed E-state index contributed by atoms with van der Waals surface area (Å²) in [6, 6.07) is 0.595. The van der Waals surface area contributed by atoms with Crippen LogP contribution in [0.2, 0.25) is 0 Å². The van der Waals surface area contributed by atoms with Crippen molar-refractivity contribution >= 4 is 0 Å². The summed E-state index contributed by atoms with van der Waals surface area (Å²) in [5, 5.41) is 0. The van der Waals surface area contributed by atoms with Gasteiger partial charge in [-0.1, -0.05) is 97.8 Å². The summed E-state index contributed by atoms with van der Waals surface area (Å²) in [7, 11) is 0. The summed E-state index contributed by atoms with van der Waals surface area (Å²) >= 11 is 0. The third-order valence-electron chi connectivity index (χ3n) is 5.91. The number of nitrogens with zero attached hydrogens (tertiary/aromatic N) is 2. The standard InChI is InChI=1S/C24H46N2/c1-5-8-10-12-13-14-15-16-18-22(4)26-21-20-25-24(26)23(7-3)19-17-11-9-6-2/h20-23H,5-19H2,1-4H3. The lowest BCUT2D eigenvalue weighted by atomic mass is 9.96. The van der Waals surface area contributed by atoms with Gasteiger partial charge in [-0.15, -0.1) is 0 Å². The predicted octanol–water partition coefficient (Wildman–Crippen LogP) is 8.44. The third-order valence-corrected chi connectivity index (χ3v) is 5.91. The molecular weight excluding hydrogens is 316 g/mol. The molecule has 26 heavy (non-hydrogen) atoms. The lowest BCUT2D eigenvalue weighted by Crippen LogP contribution is -2.12. The Morgan fingerprint density at radius 2 is 1.31 bits per heavy atom. The van der Waals surface area contributed by atoms with Crippen molar-refractivity contribution in [1.82, 2.24) is 9.55 Å². The minimum Gasteiger partial charge on any atom is -0.332 e. The zero-order valence-corrected chi connectivity index (χ0v) is 18.3. The number of hydrogen-bond acceptors (Lipinski definition) is 1. The summed E-state index contributed by atoms with van der Waals surface area (Å²) in [6.07, 6.45) is 24.7. The van der Waals surface area contributed by atoms with E-state index in [1.165, 1.54) is 102 Å². The van der Waals surface area contributed by atoms with Crippen LogP contribution in [-0.4, -0.2) is 9.55 Å². The molecule has 0 amide bonds. The van der Waals surface area contributed by atoms with Crippen molar-refractivity contribution < 1.29 is 0 Å². The first-order valence-electron chi connectivity index (χ1n) is 11.8. The second kappa shape index (κ2) is 15.3. The van der Waals surface area contributed by atoms with E-state index in [-0.39, 0.29) is 0 Å². The SMILES string of the molecule is CCCCCCCCCCC(C)n1ccnc1C(CC)CCCCCC. The van der Waals surface area contributed by atoms with E-state index >= 15 is 0 Å². The molecule has 0 saturated carbocycles. The van der Waals surface area contributed by atoms with Crippen LogP contribution in [0.4, 0.5) is 0 Å². The Kier molecular flexibility index (Phi) is 13.7. The van der Waals surface area contributed by atoms with Crippen molar-refractivity contribution in [3.05, 3.63) is 18.2 Å². The minimum atomic E-state index is 0.595. The molecule has 0 bridgehead atoms. The van der Waals surface area contributed by atoms with Crippen LogP contribution in [0.15, 0.2) is 12.4 Å². The fourth-order valence-electron chi connectivity index (χ4n) is 4.06. The van der Waals surface area contributed by atoms with Gasteiger partial charge in [0, 0.05) is 24.4 Å². The van der Waals surface area contributed by atoms with Gasteiger partial charge in [-0.3, -0.25) is 0 Å². The van der Waals surface area contributed by atoms with Gasteiger partial charge in [0.1, 0.15) is 5.82 Å². The Labute approximate surface area is 164 Å². The maximum Gasteiger partial charge on any atom is 0.111 e. The Morgan fingerprint density at radius 3 is 1.92 bits per heavy atom. The molecule has 0 aliphatic carbocycles. The second-order valence-electron chi connectivity index (χ2n) is 8.26. The number of hydrogen-bond donors (Lipinski definition) is 0. The predicted molar refractivity (Wildman–Crippen MR) is 116 cm³/mol. The van der Waals surface area contributed by atoms with Gasteiger partial charge in [0.25, 0.3) is 0 Å². The Hall–Kier alpha value is -0.790. The van der Waals surface area contributed by atoms with E-state index < -0.39 is 0 Å². The van der Waals surface area contributed by atoms with E-state index in [1.54, 1.807) is 0 Å². The van der Waals surface area contributed by atoms with Crippen LogP contribution in [0.5, 0.6) is 0 Å². The van der Waals surface area contributed by atoms with Crippen LogP contribution in [0.1, 0.15) is 142 Å². The minimum absolute atomic E-state index is 0.595. The summed E-state index contributed by atoms with van der Waals surface area (Å²) in [4.78, 5) is 4.76. The molecule has 0 radical (unpaired) electrons. The average molecular weight is 363 g/mol. The third kappa shape index (κ3) is 9.24. The van der Waals surface area contributed by atoms with Crippen LogP contribution in [0.3, 0.4) is 0 Å². The highest BCUT2D eigenvalue weighted by Crippen LogP contribution is 2.28. The molecule has 0 aliphatic rings. The number of unbranched alkanes of at least 4 members (excludes halogenated alkanes) is 10. The highest BCUT2D eigenvalue weighted by atomic mass is 15.1. The summed E-state index contributed by atoms with van der Waals surface area (Å²) in [6.45, 7) is 9.29. The molecule has 1 heterocycles. The van der Waals surface area contributed by atoms with Crippen LogP contribution in [-0.2, 0) is 0 Å². The molecule has 0 fully saturated rings. The molecular formula is C24H46N2. The molecule has 0 saturated heterocycles. The van der Waals surface area contributed by atoms with Crippen molar-refractivity contribution in [3.8, 4) is 0 Å². The van der Waals surface area contributed by atoms with Crippen LogP contribution < -0.4 is 0 Å². The molecule has 2 nitrogen and oxygen atoms in total. The Bertz CT molecular complexity index is 424. The Morgan fingerprint density at radius 1 is 0.769 bits per heavy atom. The van der Waals surface area contributed by atoms with Crippen molar-refractivity contribution in [3.63, 3.8) is 0 Å². The van der Waals surface area contributed by atoms with Crippen LogP contribution >= 0.6 is 0 Å². The van der Waals surface area contributed by atoms with Crippen LogP contribution in [0, 0.1) is 0 Å². The average Bonchev–Trinajstić information content (AvgIpc) is 3.13. The molecule has 0 aliphatic heterocycles. The first kappa shape index (κ1) is 23.2. The zero-order chi connectivity index (χ0) is 19.0. The second-order valence-corrected chi connectivity index (χ2v) is 8.26. The molecule has 0 N–H and O–H groups in total. The van der Waals surface area contributed by atoms with E-state index in [2.05, 4.69) is 38.5 Å². The maximum absolute atomic E-state index is 4.76. The van der Waals surface area contributed by atoms with Crippen LogP contribution in [0.25, 0.3) is 0 Å². The zero-order valence-electron chi connectivity index (χ0n) is 18.3. The van der Waals surface area contributed by atoms with Crippen molar-refractivity contribution in [2.24, 2.45) is 0 Å². The highest BCUT2D eigenvalue weighted by molar-refractivity contribution is 5.02. The smallest absolute Gasteiger partial charge is 0.111 e. The molecule has 152 valence electrons. The van der Waals surface area contributed by atoms with Gasteiger partial charge < -0.3 is 4.57 Å². The molecule has 0 spiro atoms. The van der Waals surface area contributed by atoms with Gasteiger partial charge in [-0.25, -0.2) is 4.98 Å². The molecule has 2 unspecified atom stereocenters. The number of aromatic nitrogens is 2. The Balaban J connectivity index is 2.33. The van der Waals surface area contributed by atoms with Crippen molar-refractivity contribution in [2.45, 2.75) is 136 Å². The van der Waals surface area contributed by atoms with Crippen molar-refractivity contribution in [1.29, 1.82) is 0 Å². The van der Waals surface area contributed by atoms with Gasteiger partial charge in [0.15, 0.2) is 0 Å². The number of rotatable bonds is 17. The van der Waals surface area contributed by atoms with E-state index in [1.807, 2.05) is 6.20 Å².